The lowest BCUT2D eigenvalue weighted by Crippen LogP contribution is -2.37. The topological polar surface area (TPSA) is 0 Å². The Bertz CT molecular complexity index is 368. The molecule has 0 spiro atoms. The van der Waals surface area contributed by atoms with Gasteiger partial charge in [0.25, 0.3) is 0 Å². The van der Waals surface area contributed by atoms with E-state index in [9.17, 15) is 0 Å². The fourth-order valence-corrected chi connectivity index (χ4v) is 3.58. The normalized spacial score (nSPS) is 20.7. The van der Waals surface area contributed by atoms with Gasteiger partial charge in [-0.2, -0.15) is 0 Å². The average molecular weight is 325 g/mol. The molecule has 0 aromatic carbocycles. The highest BCUT2D eigenvalue weighted by Crippen LogP contribution is 2.44. The molecule has 5 atom stereocenters. The van der Waals surface area contributed by atoms with Crippen molar-refractivity contribution < 1.29 is 4.39 Å². The van der Waals surface area contributed by atoms with Crippen LogP contribution >= 0.6 is 0 Å². The maximum absolute atomic E-state index is 15.7. The number of hydrogen-bond donors (Lipinski definition) is 0. The van der Waals surface area contributed by atoms with Gasteiger partial charge in [-0.05, 0) is 42.1 Å². The Morgan fingerprint density at radius 1 is 1.09 bits per heavy atom. The van der Waals surface area contributed by atoms with Crippen molar-refractivity contribution in [1.82, 2.24) is 0 Å². The third kappa shape index (κ3) is 5.76. The van der Waals surface area contributed by atoms with Crippen molar-refractivity contribution in [3.8, 4) is 0 Å². The molecule has 5 unspecified atom stereocenters. The highest BCUT2D eigenvalue weighted by molar-refractivity contribution is 5.18. The molecule has 1 heteroatoms. The largest absolute Gasteiger partial charge is 0.242 e. The lowest BCUT2D eigenvalue weighted by atomic mass is 9.67. The predicted molar refractivity (Wildman–Crippen MR) is 103 cm³/mol. The van der Waals surface area contributed by atoms with Crippen LogP contribution < -0.4 is 0 Å². The van der Waals surface area contributed by atoms with Gasteiger partial charge in [-0.1, -0.05) is 80.4 Å². The summed E-state index contributed by atoms with van der Waals surface area (Å²) in [5, 5.41) is 0. The first-order chi connectivity index (χ1) is 10.7. The minimum absolute atomic E-state index is 0.170. The summed E-state index contributed by atoms with van der Waals surface area (Å²) in [7, 11) is 0. The molecule has 0 aliphatic rings. The van der Waals surface area contributed by atoms with Crippen molar-refractivity contribution in [3.05, 3.63) is 24.3 Å². The second-order valence-electron chi connectivity index (χ2n) is 7.92. The predicted octanol–water partition coefficient (Wildman–Crippen LogP) is 7.61. The molecule has 0 fully saturated rings. The molecule has 0 nitrogen and oxygen atoms in total. The molecule has 0 heterocycles. The highest BCUT2D eigenvalue weighted by Gasteiger charge is 2.40. The van der Waals surface area contributed by atoms with Crippen LogP contribution in [0, 0.1) is 29.1 Å². The van der Waals surface area contributed by atoms with E-state index in [4.69, 9.17) is 0 Å². The first-order valence-corrected chi connectivity index (χ1v) is 9.67. The first-order valence-electron chi connectivity index (χ1n) is 9.67. The Labute approximate surface area is 145 Å². The van der Waals surface area contributed by atoms with Crippen LogP contribution in [0.4, 0.5) is 4.39 Å². The molecule has 136 valence electrons. The van der Waals surface area contributed by atoms with Crippen molar-refractivity contribution in [2.45, 2.75) is 87.2 Å². The summed E-state index contributed by atoms with van der Waals surface area (Å²) >= 11 is 0. The monoisotopic (exact) mass is 324 g/mol. The van der Waals surface area contributed by atoms with Crippen molar-refractivity contribution in [2.75, 3.05) is 0 Å². The summed E-state index contributed by atoms with van der Waals surface area (Å²) in [6.07, 6.45) is 7.42. The van der Waals surface area contributed by atoms with E-state index in [2.05, 4.69) is 68.0 Å². The second-order valence-corrected chi connectivity index (χ2v) is 7.92. The average Bonchev–Trinajstić information content (AvgIpc) is 2.53. The molecule has 0 bridgehead atoms. The van der Waals surface area contributed by atoms with E-state index in [0.29, 0.717) is 11.8 Å². The van der Waals surface area contributed by atoms with Crippen molar-refractivity contribution >= 4 is 0 Å². The molecule has 0 aromatic rings. The van der Waals surface area contributed by atoms with E-state index in [1.807, 2.05) is 6.08 Å². The van der Waals surface area contributed by atoms with Crippen LogP contribution in [-0.4, -0.2) is 6.17 Å². The van der Waals surface area contributed by atoms with Gasteiger partial charge in [-0.15, -0.1) is 6.58 Å². The van der Waals surface area contributed by atoms with Gasteiger partial charge in [-0.25, -0.2) is 4.39 Å². The molecule has 0 saturated heterocycles. The molecule has 23 heavy (non-hydrogen) atoms. The van der Waals surface area contributed by atoms with Crippen molar-refractivity contribution in [1.29, 1.82) is 0 Å². The molecular weight excluding hydrogens is 283 g/mol. The highest BCUT2D eigenvalue weighted by atomic mass is 19.1. The van der Waals surface area contributed by atoms with Crippen LogP contribution in [0.1, 0.15) is 81.1 Å². The molecule has 0 aromatic heterocycles. The minimum atomic E-state index is -0.895. The van der Waals surface area contributed by atoms with Gasteiger partial charge >= 0.3 is 0 Å². The molecule has 0 aliphatic heterocycles. The fourth-order valence-electron chi connectivity index (χ4n) is 3.58. The van der Waals surface area contributed by atoms with E-state index in [0.717, 1.165) is 31.3 Å². The Kier molecular flexibility index (Phi) is 10.0. The van der Waals surface area contributed by atoms with E-state index in [1.54, 1.807) is 0 Å². The quantitative estimate of drug-likeness (QED) is 0.343. The van der Waals surface area contributed by atoms with Crippen LogP contribution in [0.5, 0.6) is 0 Å². The minimum Gasteiger partial charge on any atom is -0.242 e. The van der Waals surface area contributed by atoms with Crippen LogP contribution in [-0.2, 0) is 0 Å². The van der Waals surface area contributed by atoms with Crippen LogP contribution in [0.2, 0.25) is 0 Å². The van der Waals surface area contributed by atoms with Crippen LogP contribution in [0.15, 0.2) is 24.3 Å². The number of rotatable bonds is 11. The zero-order valence-corrected chi connectivity index (χ0v) is 17.0. The van der Waals surface area contributed by atoms with Crippen LogP contribution in [0.25, 0.3) is 0 Å². The van der Waals surface area contributed by atoms with E-state index < -0.39 is 6.17 Å². The maximum atomic E-state index is 15.7. The van der Waals surface area contributed by atoms with E-state index in [1.165, 1.54) is 0 Å². The Balaban J connectivity index is 5.77. The third-order valence-electron chi connectivity index (χ3n) is 5.97. The smallest absolute Gasteiger partial charge is 0.127 e. The van der Waals surface area contributed by atoms with Gasteiger partial charge < -0.3 is 0 Å². The summed E-state index contributed by atoms with van der Waals surface area (Å²) in [6, 6.07) is 0. The summed E-state index contributed by atoms with van der Waals surface area (Å²) in [5.41, 5.74) is 0.641. The number of halogens is 1. The maximum Gasteiger partial charge on any atom is 0.127 e. The molecule has 0 amide bonds. The molecular formula is C22H41F. The summed E-state index contributed by atoms with van der Waals surface area (Å²) in [5.74, 6) is 1.50. The van der Waals surface area contributed by atoms with Gasteiger partial charge in [0.1, 0.15) is 6.17 Å². The summed E-state index contributed by atoms with van der Waals surface area (Å²) in [6.45, 7) is 21.3. The Hall–Kier alpha value is -0.590. The lowest BCUT2D eigenvalue weighted by molar-refractivity contribution is 0.0918. The molecule has 0 aliphatic carbocycles. The second kappa shape index (κ2) is 10.3. The third-order valence-corrected chi connectivity index (χ3v) is 5.97. The zero-order chi connectivity index (χ0) is 18.2. The molecule has 0 N–H and O–H groups in total. The fraction of sp³-hybridized carbons (Fsp3) is 0.818. The molecule has 0 rings (SSSR count). The van der Waals surface area contributed by atoms with Crippen molar-refractivity contribution in [2.24, 2.45) is 29.1 Å². The Morgan fingerprint density at radius 3 is 2.00 bits per heavy atom. The zero-order valence-electron chi connectivity index (χ0n) is 17.0. The number of alkyl halides is 1. The van der Waals surface area contributed by atoms with Gasteiger partial charge in [0.2, 0.25) is 0 Å². The standard InChI is InChI=1S/C22H41F/c1-10-14-22(9,18(8)12-3)21(23)20(16(5)6)15-19(13-4)17(7)11-2/h12,15-19,21H,3,10-11,13-14H2,1-2,4-9H3/b20-15-. The van der Waals surface area contributed by atoms with Gasteiger partial charge in [0, 0.05) is 5.41 Å². The van der Waals surface area contributed by atoms with Gasteiger partial charge in [0.05, 0.1) is 0 Å². The van der Waals surface area contributed by atoms with E-state index in [-0.39, 0.29) is 17.3 Å². The van der Waals surface area contributed by atoms with Crippen LogP contribution in [0.3, 0.4) is 0 Å². The number of hydrogen-bond acceptors (Lipinski definition) is 0. The summed E-state index contributed by atoms with van der Waals surface area (Å²) in [4.78, 5) is 0. The van der Waals surface area contributed by atoms with Crippen molar-refractivity contribution in [3.63, 3.8) is 0 Å². The first kappa shape index (κ1) is 22.4. The SMILES string of the molecule is C=CC(C)C(C)(CCC)C(F)/C(=C\C(CC)C(C)CC)C(C)C. The van der Waals surface area contributed by atoms with Gasteiger partial charge in [0.15, 0.2) is 0 Å². The molecule has 0 saturated carbocycles. The number of allylic oxidation sites excluding steroid dienone is 3. The lowest BCUT2D eigenvalue weighted by Gasteiger charge is -2.40. The molecule has 0 radical (unpaired) electrons. The Morgan fingerprint density at radius 2 is 1.65 bits per heavy atom. The van der Waals surface area contributed by atoms with Gasteiger partial charge in [-0.3, -0.25) is 0 Å². The van der Waals surface area contributed by atoms with E-state index >= 15 is 4.39 Å². The summed E-state index contributed by atoms with van der Waals surface area (Å²) < 4.78 is 15.7.